The molecule has 4 rings (SSSR count). The molecule has 2 amide bonds. The van der Waals surface area contributed by atoms with E-state index >= 15 is 0 Å². The van der Waals surface area contributed by atoms with Gasteiger partial charge in [0.05, 0.1) is 6.21 Å². The number of rotatable bonds is 8. The first-order chi connectivity index (χ1) is 16.6. The number of ether oxygens (including phenoxy) is 1. The number of para-hydroxylation sites is 1. The predicted octanol–water partition coefficient (Wildman–Crippen LogP) is 5.55. The van der Waals surface area contributed by atoms with Crippen molar-refractivity contribution in [2.75, 3.05) is 5.32 Å². The van der Waals surface area contributed by atoms with Crippen LogP contribution >= 0.6 is 11.6 Å². The van der Waals surface area contributed by atoms with Gasteiger partial charge in [0, 0.05) is 16.3 Å². The molecule has 0 bridgehead atoms. The van der Waals surface area contributed by atoms with Gasteiger partial charge in [0.1, 0.15) is 18.8 Å². The summed E-state index contributed by atoms with van der Waals surface area (Å²) in [4.78, 5) is 24.3. The maximum Gasteiger partial charge on any atom is 0.249 e. The first-order valence-corrected chi connectivity index (χ1v) is 11.0. The Labute approximate surface area is 202 Å². The van der Waals surface area contributed by atoms with Gasteiger partial charge in [-0.2, -0.15) is 5.10 Å². The van der Waals surface area contributed by atoms with E-state index in [4.69, 9.17) is 16.3 Å². The van der Waals surface area contributed by atoms with Crippen molar-refractivity contribution >= 4 is 46.1 Å². The average molecular weight is 472 g/mol. The van der Waals surface area contributed by atoms with E-state index in [1.807, 2.05) is 66.7 Å². The third-order valence-electron chi connectivity index (χ3n) is 5.00. The summed E-state index contributed by atoms with van der Waals surface area (Å²) >= 11 is 5.96. The first-order valence-electron chi connectivity index (χ1n) is 10.6. The molecular weight excluding hydrogens is 450 g/mol. The molecule has 0 atom stereocenters. The van der Waals surface area contributed by atoms with Gasteiger partial charge in [-0.25, -0.2) is 5.43 Å². The van der Waals surface area contributed by atoms with Gasteiger partial charge in [-0.15, -0.1) is 0 Å². The van der Waals surface area contributed by atoms with Crippen molar-refractivity contribution in [3.05, 3.63) is 107 Å². The van der Waals surface area contributed by atoms with Gasteiger partial charge in [0.25, 0.3) is 0 Å². The Morgan fingerprint density at radius 2 is 1.59 bits per heavy atom. The monoisotopic (exact) mass is 471 g/mol. The van der Waals surface area contributed by atoms with E-state index in [1.165, 1.54) is 6.21 Å². The summed E-state index contributed by atoms with van der Waals surface area (Å²) in [6, 6.07) is 28.0. The first kappa shape index (κ1) is 23.0. The van der Waals surface area contributed by atoms with Gasteiger partial charge in [-0.3, -0.25) is 9.59 Å². The zero-order valence-electron chi connectivity index (χ0n) is 18.2. The molecule has 0 spiro atoms. The van der Waals surface area contributed by atoms with Gasteiger partial charge in [0.2, 0.25) is 11.8 Å². The molecule has 7 heteroatoms. The van der Waals surface area contributed by atoms with Crippen molar-refractivity contribution in [3.63, 3.8) is 0 Å². The highest BCUT2D eigenvalue weighted by Crippen LogP contribution is 2.27. The summed E-state index contributed by atoms with van der Waals surface area (Å²) in [5.74, 6) is -0.321. The molecule has 6 nitrogen and oxygen atoms in total. The van der Waals surface area contributed by atoms with Crippen LogP contribution in [-0.4, -0.2) is 18.0 Å². The maximum atomic E-state index is 12.2. The molecule has 0 saturated carbocycles. The third-order valence-corrected chi connectivity index (χ3v) is 5.25. The highest BCUT2D eigenvalue weighted by molar-refractivity contribution is 6.30. The summed E-state index contributed by atoms with van der Waals surface area (Å²) in [5.41, 5.74) is 4.74. The van der Waals surface area contributed by atoms with Gasteiger partial charge in [-0.1, -0.05) is 72.3 Å². The second-order valence-electron chi connectivity index (χ2n) is 7.50. The molecule has 0 aliphatic heterocycles. The minimum absolute atomic E-state index is 0.346. The zero-order valence-corrected chi connectivity index (χ0v) is 19.0. The van der Waals surface area contributed by atoms with Crippen LogP contribution in [0.25, 0.3) is 10.8 Å². The van der Waals surface area contributed by atoms with E-state index in [-0.39, 0.29) is 6.42 Å². The fourth-order valence-corrected chi connectivity index (χ4v) is 3.48. The number of carbonyl (C=O) groups excluding carboxylic acids is 2. The second-order valence-corrected chi connectivity index (χ2v) is 7.93. The van der Waals surface area contributed by atoms with Crippen LogP contribution < -0.4 is 15.5 Å². The van der Waals surface area contributed by atoms with Crippen LogP contribution in [0.5, 0.6) is 5.75 Å². The fourth-order valence-electron chi connectivity index (χ4n) is 3.36. The lowest BCUT2D eigenvalue weighted by atomic mass is 10.0. The summed E-state index contributed by atoms with van der Waals surface area (Å²) in [6.07, 6.45) is 1.19. The van der Waals surface area contributed by atoms with Crippen molar-refractivity contribution < 1.29 is 14.3 Å². The Hall–Kier alpha value is -4.16. The molecule has 4 aromatic rings. The van der Waals surface area contributed by atoms with Crippen LogP contribution in [-0.2, 0) is 16.2 Å². The molecule has 0 radical (unpaired) electrons. The lowest BCUT2D eigenvalue weighted by molar-refractivity contribution is -0.126. The molecule has 4 aromatic carbocycles. The van der Waals surface area contributed by atoms with E-state index in [0.717, 1.165) is 21.9 Å². The van der Waals surface area contributed by atoms with Crippen LogP contribution in [0.3, 0.4) is 0 Å². The number of hydrazone groups is 1. The average Bonchev–Trinajstić information content (AvgIpc) is 2.85. The Balaban J connectivity index is 1.44. The normalized spacial score (nSPS) is 10.9. The Kier molecular flexibility index (Phi) is 7.53. The van der Waals surface area contributed by atoms with Crippen LogP contribution in [0.1, 0.15) is 17.5 Å². The molecule has 0 aromatic heterocycles. The van der Waals surface area contributed by atoms with E-state index < -0.39 is 11.8 Å². The number of carbonyl (C=O) groups is 2. The maximum absolute atomic E-state index is 12.2. The number of hydrogen-bond donors (Lipinski definition) is 2. The summed E-state index contributed by atoms with van der Waals surface area (Å²) in [7, 11) is 0. The van der Waals surface area contributed by atoms with Gasteiger partial charge < -0.3 is 10.1 Å². The van der Waals surface area contributed by atoms with E-state index in [9.17, 15) is 9.59 Å². The van der Waals surface area contributed by atoms with Gasteiger partial charge >= 0.3 is 0 Å². The van der Waals surface area contributed by atoms with E-state index in [0.29, 0.717) is 23.1 Å². The molecule has 170 valence electrons. The van der Waals surface area contributed by atoms with Crippen LogP contribution in [0.15, 0.2) is 96.1 Å². The van der Waals surface area contributed by atoms with Gasteiger partial charge in [-0.05, 0) is 46.7 Å². The number of amides is 2. The minimum Gasteiger partial charge on any atom is -0.488 e. The van der Waals surface area contributed by atoms with Crippen molar-refractivity contribution in [1.82, 2.24) is 5.43 Å². The van der Waals surface area contributed by atoms with Crippen LogP contribution in [0, 0.1) is 0 Å². The van der Waals surface area contributed by atoms with Crippen LogP contribution in [0.4, 0.5) is 5.69 Å². The molecule has 0 saturated heterocycles. The molecule has 2 N–H and O–H groups in total. The quantitative estimate of drug-likeness (QED) is 0.201. The molecule has 34 heavy (non-hydrogen) atoms. The number of benzene rings is 4. The topological polar surface area (TPSA) is 79.8 Å². The smallest absolute Gasteiger partial charge is 0.249 e. The minimum atomic E-state index is -0.520. The lowest BCUT2D eigenvalue weighted by Crippen LogP contribution is -2.24. The van der Waals surface area contributed by atoms with Crippen molar-refractivity contribution in [2.24, 2.45) is 5.10 Å². The summed E-state index contributed by atoms with van der Waals surface area (Å²) in [5, 5.41) is 9.35. The number of fused-ring (bicyclic) bond motifs is 1. The predicted molar refractivity (Wildman–Crippen MR) is 135 cm³/mol. The lowest BCUT2D eigenvalue weighted by Gasteiger charge is -2.12. The highest BCUT2D eigenvalue weighted by atomic mass is 35.5. The Morgan fingerprint density at radius 3 is 2.38 bits per heavy atom. The number of nitrogens with zero attached hydrogens (tertiary/aromatic N) is 1. The molecular formula is C27H22ClN3O3. The summed E-state index contributed by atoms with van der Waals surface area (Å²) in [6.45, 7) is 0.350. The molecule has 0 aliphatic carbocycles. The SMILES string of the molecule is O=C(CC(=O)Nc1ccccc1)NN=Cc1c(OCc2ccc(Cl)cc2)ccc2ccccc12. The largest absolute Gasteiger partial charge is 0.488 e. The Morgan fingerprint density at radius 1 is 0.853 bits per heavy atom. The van der Waals surface area contributed by atoms with Crippen molar-refractivity contribution in [2.45, 2.75) is 13.0 Å². The third kappa shape index (κ3) is 6.21. The molecule has 0 aliphatic rings. The number of anilines is 1. The fraction of sp³-hybridized carbons (Fsp3) is 0.0741. The number of halogens is 1. The standard InChI is InChI=1S/C27H22ClN3O3/c28-21-13-10-19(11-14-21)18-34-25-15-12-20-6-4-5-9-23(20)24(25)17-29-31-27(33)16-26(32)30-22-7-2-1-3-8-22/h1-15,17H,16,18H2,(H,30,32)(H,31,33). The van der Waals surface area contributed by atoms with E-state index in [2.05, 4.69) is 15.8 Å². The highest BCUT2D eigenvalue weighted by Gasteiger charge is 2.10. The Bertz CT molecular complexity index is 1320. The zero-order chi connectivity index (χ0) is 23.8. The summed E-state index contributed by atoms with van der Waals surface area (Å²) < 4.78 is 6.05. The molecule has 0 unspecified atom stereocenters. The second kappa shape index (κ2) is 11.1. The number of hydrogen-bond acceptors (Lipinski definition) is 4. The number of nitrogens with one attached hydrogen (secondary N) is 2. The molecule has 0 heterocycles. The molecule has 0 fully saturated rings. The van der Waals surface area contributed by atoms with Gasteiger partial charge in [0.15, 0.2) is 0 Å². The van der Waals surface area contributed by atoms with Crippen LogP contribution in [0.2, 0.25) is 5.02 Å². The van der Waals surface area contributed by atoms with E-state index in [1.54, 1.807) is 24.3 Å². The van der Waals surface area contributed by atoms with Crippen molar-refractivity contribution in [3.8, 4) is 5.75 Å². The van der Waals surface area contributed by atoms with Crippen molar-refractivity contribution in [1.29, 1.82) is 0 Å².